The van der Waals surface area contributed by atoms with E-state index in [1.807, 2.05) is 56.7 Å². The number of hydrogen-bond acceptors (Lipinski definition) is 6. The maximum atomic E-state index is 13.7. The molecule has 10 nitrogen and oxygen atoms in total. The molecular weight excluding hydrogens is 592 g/mol. The average molecular weight is 641 g/mol. The second-order valence-corrected chi connectivity index (χ2v) is 13.5. The van der Waals surface area contributed by atoms with Crippen molar-refractivity contribution in [2.45, 2.75) is 71.9 Å². The first-order valence-electron chi connectivity index (χ1n) is 16.9. The lowest BCUT2D eigenvalue weighted by Gasteiger charge is -2.38. The Hall–Kier alpha value is -4.15. The number of H-pyrrole nitrogens is 1. The minimum atomic E-state index is -0.493. The van der Waals surface area contributed by atoms with Crippen molar-refractivity contribution in [3.8, 4) is 11.1 Å². The van der Waals surface area contributed by atoms with E-state index in [4.69, 9.17) is 10.5 Å². The van der Waals surface area contributed by atoms with Crippen LogP contribution in [0, 0.1) is 20.8 Å². The molecule has 0 spiro atoms. The SMILES string of the molecule is CCN(c1c(C)c(C(N)=O)cc(-c2ccc3c(c2)n(C2CCN(C)CC2)c(=O)n3C)c1Cc1c(C)cc(C)[nH]c1=O)C1CCOCC1. The summed E-state index contributed by atoms with van der Waals surface area (Å²) in [5.74, 6) is -0.493. The standard InChI is InChI=1S/C37H48N6O4/c1-7-42(26-12-16-47-17-13-26)34-24(4)29(35(38)44)21-30(31(34)20-28-22(2)18-23(3)39-36(28)45)25-8-9-32-33(19-25)43(37(46)41(32)6)27-10-14-40(5)15-11-27/h8-9,18-19,21,26-27H,7,10-17,20H2,1-6H3,(H2,38,44)(H,39,45). The number of primary amides is 1. The molecule has 0 aliphatic carbocycles. The highest BCUT2D eigenvalue weighted by Gasteiger charge is 2.30. The third-order valence-corrected chi connectivity index (χ3v) is 10.5. The zero-order chi connectivity index (χ0) is 33.6. The molecular formula is C37H48N6O4. The molecule has 0 saturated carbocycles. The number of amides is 1. The lowest BCUT2D eigenvalue weighted by molar-refractivity contribution is 0.0845. The monoisotopic (exact) mass is 640 g/mol. The van der Waals surface area contributed by atoms with Gasteiger partial charge in [-0.15, -0.1) is 0 Å². The minimum Gasteiger partial charge on any atom is -0.381 e. The maximum Gasteiger partial charge on any atom is 0.329 e. The quantitative estimate of drug-likeness (QED) is 0.291. The Balaban J connectivity index is 1.64. The molecule has 4 aromatic rings. The molecule has 1 amide bonds. The van der Waals surface area contributed by atoms with Crippen LogP contribution in [0.1, 0.15) is 77.0 Å². The van der Waals surface area contributed by atoms with Gasteiger partial charge >= 0.3 is 5.69 Å². The van der Waals surface area contributed by atoms with E-state index in [-0.39, 0.29) is 23.3 Å². The number of nitrogens with zero attached hydrogens (tertiary/aromatic N) is 4. The van der Waals surface area contributed by atoms with E-state index >= 15 is 0 Å². The van der Waals surface area contributed by atoms with Gasteiger partial charge in [-0.3, -0.25) is 18.7 Å². The van der Waals surface area contributed by atoms with E-state index in [9.17, 15) is 14.4 Å². The predicted octanol–water partition coefficient (Wildman–Crippen LogP) is 4.58. The number of hydrogen-bond donors (Lipinski definition) is 2. The number of piperidine rings is 1. The number of pyridine rings is 1. The van der Waals surface area contributed by atoms with Gasteiger partial charge in [0.05, 0.1) is 11.0 Å². The number of fused-ring (bicyclic) bond motifs is 1. The van der Waals surface area contributed by atoms with Crippen molar-refractivity contribution >= 4 is 22.6 Å². The molecule has 6 rings (SSSR count). The summed E-state index contributed by atoms with van der Waals surface area (Å²) in [5, 5.41) is 0. The third-order valence-electron chi connectivity index (χ3n) is 10.5. The van der Waals surface area contributed by atoms with E-state index in [0.717, 1.165) is 95.5 Å². The molecule has 2 saturated heterocycles. The highest BCUT2D eigenvalue weighted by atomic mass is 16.5. The molecule has 0 atom stereocenters. The van der Waals surface area contributed by atoms with Gasteiger partial charge in [-0.2, -0.15) is 0 Å². The summed E-state index contributed by atoms with van der Waals surface area (Å²) in [7, 11) is 3.95. The van der Waals surface area contributed by atoms with E-state index < -0.39 is 5.91 Å². The van der Waals surface area contributed by atoms with Crippen LogP contribution in [-0.2, 0) is 18.2 Å². The minimum absolute atomic E-state index is 0.0205. The van der Waals surface area contributed by atoms with Crippen molar-refractivity contribution in [3.05, 3.63) is 84.7 Å². The van der Waals surface area contributed by atoms with Crippen LogP contribution < -0.4 is 21.9 Å². The van der Waals surface area contributed by atoms with Gasteiger partial charge in [0, 0.05) is 67.8 Å². The first-order valence-corrected chi connectivity index (χ1v) is 16.9. The van der Waals surface area contributed by atoms with Gasteiger partial charge in [-0.05, 0) is 126 Å². The number of rotatable bonds is 8. The lowest BCUT2D eigenvalue weighted by atomic mass is 9.86. The normalized spacial score (nSPS) is 16.6. The zero-order valence-electron chi connectivity index (χ0n) is 28.6. The van der Waals surface area contributed by atoms with E-state index in [0.29, 0.717) is 30.8 Å². The Morgan fingerprint density at radius 1 is 0.979 bits per heavy atom. The van der Waals surface area contributed by atoms with Gasteiger partial charge in [0.1, 0.15) is 0 Å². The number of carbonyl (C=O) groups excluding carboxylic acids is 1. The number of carbonyl (C=O) groups is 1. The topological polar surface area (TPSA) is 119 Å². The van der Waals surface area contributed by atoms with Gasteiger partial charge in [0.2, 0.25) is 5.91 Å². The largest absolute Gasteiger partial charge is 0.381 e. The Morgan fingerprint density at radius 3 is 2.32 bits per heavy atom. The van der Waals surface area contributed by atoms with Crippen LogP contribution in [0.25, 0.3) is 22.2 Å². The van der Waals surface area contributed by atoms with E-state index in [1.165, 1.54) is 0 Å². The lowest BCUT2D eigenvalue weighted by Crippen LogP contribution is -2.41. The summed E-state index contributed by atoms with van der Waals surface area (Å²) in [5.41, 5.74) is 15.0. The summed E-state index contributed by atoms with van der Waals surface area (Å²) < 4.78 is 9.42. The van der Waals surface area contributed by atoms with Crippen molar-refractivity contribution in [1.82, 2.24) is 19.0 Å². The van der Waals surface area contributed by atoms with Crippen LogP contribution in [0.3, 0.4) is 0 Å². The molecule has 47 heavy (non-hydrogen) atoms. The van der Waals surface area contributed by atoms with Crippen LogP contribution in [-0.4, -0.2) is 70.9 Å². The number of nitrogens with one attached hydrogen (secondary N) is 1. The Kier molecular flexibility index (Phi) is 9.18. The molecule has 10 heteroatoms. The highest BCUT2D eigenvalue weighted by Crippen LogP contribution is 2.41. The summed E-state index contributed by atoms with van der Waals surface area (Å²) in [6, 6.07) is 10.3. The van der Waals surface area contributed by atoms with Crippen molar-refractivity contribution in [2.24, 2.45) is 12.8 Å². The Morgan fingerprint density at radius 2 is 1.68 bits per heavy atom. The fourth-order valence-electron chi connectivity index (χ4n) is 7.92. The fourth-order valence-corrected chi connectivity index (χ4v) is 7.92. The molecule has 0 radical (unpaired) electrons. The molecule has 4 heterocycles. The summed E-state index contributed by atoms with van der Waals surface area (Å²) in [6.45, 7) is 11.9. The van der Waals surface area contributed by atoms with Gasteiger partial charge in [-0.1, -0.05) is 6.07 Å². The molecule has 0 unspecified atom stereocenters. The van der Waals surface area contributed by atoms with E-state index in [2.05, 4.69) is 34.8 Å². The van der Waals surface area contributed by atoms with Crippen LogP contribution in [0.2, 0.25) is 0 Å². The molecule has 2 aliphatic heterocycles. The van der Waals surface area contributed by atoms with Crippen LogP contribution in [0.4, 0.5) is 5.69 Å². The van der Waals surface area contributed by atoms with Crippen LogP contribution >= 0.6 is 0 Å². The first kappa shape index (κ1) is 32.8. The molecule has 0 bridgehead atoms. The van der Waals surface area contributed by atoms with Gasteiger partial charge in [0.15, 0.2) is 0 Å². The smallest absolute Gasteiger partial charge is 0.329 e. The molecule has 2 aliphatic rings. The molecule has 250 valence electrons. The van der Waals surface area contributed by atoms with Gasteiger partial charge in [0.25, 0.3) is 5.56 Å². The first-order chi connectivity index (χ1) is 22.5. The van der Waals surface area contributed by atoms with Crippen molar-refractivity contribution in [3.63, 3.8) is 0 Å². The summed E-state index contributed by atoms with van der Waals surface area (Å²) >= 11 is 0. The number of aromatic nitrogens is 3. The maximum absolute atomic E-state index is 13.7. The molecule has 3 N–H and O–H groups in total. The number of imidazole rings is 1. The number of aryl methyl sites for hydroxylation is 3. The molecule has 2 aromatic heterocycles. The van der Waals surface area contributed by atoms with Crippen LogP contribution in [0.5, 0.6) is 0 Å². The third kappa shape index (κ3) is 6.05. The van der Waals surface area contributed by atoms with Crippen molar-refractivity contribution < 1.29 is 9.53 Å². The predicted molar refractivity (Wildman–Crippen MR) is 188 cm³/mol. The fraction of sp³-hybridized carbons (Fsp3) is 0.486. The van der Waals surface area contributed by atoms with E-state index in [1.54, 1.807) is 4.57 Å². The second-order valence-electron chi connectivity index (χ2n) is 13.5. The number of nitrogens with two attached hydrogens (primary N) is 1. The number of anilines is 1. The number of benzene rings is 2. The number of ether oxygens (including phenoxy) is 1. The zero-order valence-corrected chi connectivity index (χ0v) is 28.6. The average Bonchev–Trinajstić information content (AvgIpc) is 3.29. The Bertz CT molecular complexity index is 1940. The number of aromatic amines is 1. The highest BCUT2D eigenvalue weighted by molar-refractivity contribution is 5.99. The summed E-state index contributed by atoms with van der Waals surface area (Å²) in [6.07, 6.45) is 3.91. The van der Waals surface area contributed by atoms with Crippen molar-refractivity contribution in [1.29, 1.82) is 0 Å². The van der Waals surface area contributed by atoms with Crippen LogP contribution in [0.15, 0.2) is 39.9 Å². The molecule has 2 fully saturated rings. The van der Waals surface area contributed by atoms with Crippen molar-refractivity contribution in [2.75, 3.05) is 44.8 Å². The van der Waals surface area contributed by atoms with Gasteiger partial charge in [-0.25, -0.2) is 4.79 Å². The molecule has 2 aromatic carbocycles. The Labute approximate surface area is 276 Å². The second kappa shape index (κ2) is 13.2. The summed E-state index contributed by atoms with van der Waals surface area (Å²) in [4.78, 5) is 47.9. The number of likely N-dealkylation sites (tertiary alicyclic amines) is 1. The van der Waals surface area contributed by atoms with Gasteiger partial charge < -0.3 is 25.3 Å².